The summed E-state index contributed by atoms with van der Waals surface area (Å²) in [5, 5.41) is 75.7. The maximum atomic E-state index is 13.1. The molecule has 1 fully saturated rings. The summed E-state index contributed by atoms with van der Waals surface area (Å²) in [5.74, 6) is -0.716. The van der Waals surface area contributed by atoms with Crippen LogP contribution in [0.25, 0.3) is 0 Å². The number of allylic oxidation sites excluding steroid dienone is 6. The summed E-state index contributed by atoms with van der Waals surface area (Å²) in [6.45, 7) is 3.41. The smallest absolute Gasteiger partial charge is 0.249 e. The fraction of sp³-hybridized carbons (Fsp3) is 0.863. The molecule has 0 spiro atoms. The zero-order chi connectivity index (χ0) is 45.5. The molecule has 0 radical (unpaired) electrons. The van der Waals surface area contributed by atoms with Crippen LogP contribution in [-0.2, 0) is 14.3 Å². The van der Waals surface area contributed by atoms with Crippen LogP contribution in [0.15, 0.2) is 36.5 Å². The first-order chi connectivity index (χ1) is 30.2. The normalized spacial score (nSPS) is 21.6. The SMILES string of the molecule is CCCCCCC/C=C/CC/C=C/CCCC(O)C(O)C(COC1OC(CO)C(O)C(O)C1O)NC(=O)C(O)CCCCCCCC/C=C\CCCCCCCCCCCCC. The van der Waals surface area contributed by atoms with Crippen LogP contribution in [0.3, 0.4) is 0 Å². The van der Waals surface area contributed by atoms with Crippen LogP contribution in [0.1, 0.15) is 213 Å². The van der Waals surface area contributed by atoms with E-state index in [-0.39, 0.29) is 12.8 Å². The standard InChI is InChI=1S/C51H95NO10/c1-3-5-7-9-11-13-15-17-19-20-21-22-23-24-25-27-29-31-33-35-37-39-44(55)50(60)52-42(41-61-51-49(59)48(58)47(57)45(40-53)62-51)46(56)43(54)38-36-34-32-30-28-26-18-16-14-12-10-8-6-4-2/h16,18,23-24,30,32,42-49,51,53-59H,3-15,17,19-22,25-29,31,33-41H2,1-2H3,(H,52,60)/b18-16+,24-23-,32-30+. The van der Waals surface area contributed by atoms with Gasteiger partial charge in [-0.25, -0.2) is 0 Å². The molecule has 0 saturated carbocycles. The second-order valence-electron chi connectivity index (χ2n) is 17.9. The lowest BCUT2D eigenvalue weighted by molar-refractivity contribution is -0.303. The van der Waals surface area contributed by atoms with E-state index in [0.717, 1.165) is 57.8 Å². The number of aliphatic hydroxyl groups excluding tert-OH is 7. The van der Waals surface area contributed by atoms with Gasteiger partial charge >= 0.3 is 0 Å². The maximum Gasteiger partial charge on any atom is 0.249 e. The minimum atomic E-state index is -1.67. The number of hydrogen-bond acceptors (Lipinski definition) is 10. The number of hydrogen-bond donors (Lipinski definition) is 8. The molecule has 0 bridgehead atoms. The summed E-state index contributed by atoms with van der Waals surface area (Å²) < 4.78 is 11.1. The van der Waals surface area contributed by atoms with Gasteiger partial charge in [-0.2, -0.15) is 0 Å². The van der Waals surface area contributed by atoms with Gasteiger partial charge in [-0.1, -0.05) is 172 Å². The Morgan fingerprint density at radius 2 is 0.968 bits per heavy atom. The van der Waals surface area contributed by atoms with Gasteiger partial charge in [0, 0.05) is 0 Å². The summed E-state index contributed by atoms with van der Waals surface area (Å²) >= 11 is 0. The highest BCUT2D eigenvalue weighted by Gasteiger charge is 2.44. The first kappa shape index (κ1) is 58.3. The molecular formula is C51H95NO10. The van der Waals surface area contributed by atoms with Crippen LogP contribution >= 0.6 is 0 Å². The van der Waals surface area contributed by atoms with Gasteiger partial charge in [-0.15, -0.1) is 0 Å². The topological polar surface area (TPSA) is 189 Å². The predicted octanol–water partition coefficient (Wildman–Crippen LogP) is 9.17. The third kappa shape index (κ3) is 29.7. The average molecular weight is 882 g/mol. The van der Waals surface area contributed by atoms with Crippen molar-refractivity contribution in [2.24, 2.45) is 0 Å². The van der Waals surface area contributed by atoms with Crippen molar-refractivity contribution in [1.82, 2.24) is 5.32 Å². The average Bonchev–Trinajstić information content (AvgIpc) is 3.27. The van der Waals surface area contributed by atoms with E-state index in [0.29, 0.717) is 19.3 Å². The second kappa shape index (κ2) is 40.8. The predicted molar refractivity (Wildman–Crippen MR) is 252 cm³/mol. The zero-order valence-corrected chi connectivity index (χ0v) is 39.4. The molecular weight excluding hydrogens is 787 g/mol. The van der Waals surface area contributed by atoms with Gasteiger partial charge in [0.05, 0.1) is 25.4 Å². The molecule has 11 heteroatoms. The van der Waals surface area contributed by atoms with Gasteiger partial charge in [0.15, 0.2) is 6.29 Å². The Morgan fingerprint density at radius 1 is 0.548 bits per heavy atom. The molecule has 0 aromatic heterocycles. The third-order valence-electron chi connectivity index (χ3n) is 12.1. The van der Waals surface area contributed by atoms with E-state index >= 15 is 0 Å². The summed E-state index contributed by atoms with van der Waals surface area (Å²) in [4.78, 5) is 13.1. The summed E-state index contributed by atoms with van der Waals surface area (Å²) in [6, 6.07) is -1.19. The fourth-order valence-electron chi connectivity index (χ4n) is 7.92. The van der Waals surface area contributed by atoms with Gasteiger partial charge in [0.2, 0.25) is 5.91 Å². The number of amides is 1. The molecule has 364 valence electrons. The van der Waals surface area contributed by atoms with E-state index in [1.54, 1.807) is 0 Å². The molecule has 1 heterocycles. The van der Waals surface area contributed by atoms with Crippen molar-refractivity contribution >= 4 is 5.91 Å². The molecule has 8 N–H and O–H groups in total. The maximum absolute atomic E-state index is 13.1. The molecule has 0 aromatic carbocycles. The minimum absolute atomic E-state index is 0.244. The molecule has 9 atom stereocenters. The van der Waals surface area contributed by atoms with Crippen molar-refractivity contribution in [2.75, 3.05) is 13.2 Å². The van der Waals surface area contributed by atoms with E-state index in [2.05, 4.69) is 55.6 Å². The molecule has 1 saturated heterocycles. The number of aliphatic hydroxyl groups is 7. The molecule has 1 aliphatic rings. The Kier molecular flexibility index (Phi) is 38.4. The Bertz CT molecular complexity index is 1100. The molecule has 1 amide bonds. The van der Waals surface area contributed by atoms with Crippen molar-refractivity contribution in [3.8, 4) is 0 Å². The molecule has 9 unspecified atom stereocenters. The van der Waals surface area contributed by atoms with E-state index in [4.69, 9.17) is 9.47 Å². The van der Waals surface area contributed by atoms with E-state index in [1.807, 2.05) is 0 Å². The highest BCUT2D eigenvalue weighted by Crippen LogP contribution is 2.23. The Hall–Kier alpha value is -1.67. The van der Waals surface area contributed by atoms with E-state index < -0.39 is 74.2 Å². The Labute approximate surface area is 377 Å². The summed E-state index contributed by atoms with van der Waals surface area (Å²) in [7, 11) is 0. The van der Waals surface area contributed by atoms with E-state index in [1.165, 1.54) is 109 Å². The molecule has 0 aromatic rings. The van der Waals surface area contributed by atoms with Gasteiger partial charge < -0.3 is 50.5 Å². The molecule has 1 aliphatic heterocycles. The van der Waals surface area contributed by atoms with Crippen LogP contribution < -0.4 is 5.32 Å². The van der Waals surface area contributed by atoms with Crippen LogP contribution in [0.2, 0.25) is 0 Å². The van der Waals surface area contributed by atoms with Crippen molar-refractivity contribution in [3.05, 3.63) is 36.5 Å². The quantitative estimate of drug-likeness (QED) is 0.0217. The lowest BCUT2D eigenvalue weighted by Gasteiger charge is -2.40. The van der Waals surface area contributed by atoms with Gasteiger partial charge in [0.1, 0.15) is 36.6 Å². The van der Waals surface area contributed by atoms with Crippen LogP contribution in [0.4, 0.5) is 0 Å². The number of unbranched alkanes of at least 4 members (excludes halogenated alkanes) is 24. The summed E-state index contributed by atoms with van der Waals surface area (Å²) in [6.07, 6.45) is 36.2. The number of nitrogens with one attached hydrogen (secondary N) is 1. The highest BCUT2D eigenvalue weighted by molar-refractivity contribution is 5.80. The van der Waals surface area contributed by atoms with Gasteiger partial charge in [-0.05, 0) is 77.0 Å². The first-order valence-electron chi connectivity index (χ1n) is 25.4. The largest absolute Gasteiger partial charge is 0.394 e. The zero-order valence-electron chi connectivity index (χ0n) is 39.4. The van der Waals surface area contributed by atoms with Crippen LogP contribution in [0, 0.1) is 0 Å². The third-order valence-corrected chi connectivity index (χ3v) is 12.1. The Morgan fingerprint density at radius 3 is 1.44 bits per heavy atom. The van der Waals surface area contributed by atoms with Crippen molar-refractivity contribution in [2.45, 2.75) is 268 Å². The lowest BCUT2D eigenvalue weighted by atomic mass is 9.98. The van der Waals surface area contributed by atoms with Crippen molar-refractivity contribution in [3.63, 3.8) is 0 Å². The number of ether oxygens (including phenoxy) is 2. The number of carbonyl (C=O) groups excluding carboxylic acids is 1. The van der Waals surface area contributed by atoms with Gasteiger partial charge in [-0.3, -0.25) is 4.79 Å². The molecule has 62 heavy (non-hydrogen) atoms. The molecule has 11 nitrogen and oxygen atoms in total. The van der Waals surface area contributed by atoms with Crippen molar-refractivity contribution < 1.29 is 50.0 Å². The van der Waals surface area contributed by atoms with Crippen molar-refractivity contribution in [1.29, 1.82) is 0 Å². The van der Waals surface area contributed by atoms with Crippen LogP contribution in [0.5, 0.6) is 0 Å². The van der Waals surface area contributed by atoms with Gasteiger partial charge in [0.25, 0.3) is 0 Å². The minimum Gasteiger partial charge on any atom is -0.394 e. The lowest BCUT2D eigenvalue weighted by Crippen LogP contribution is -2.60. The molecule has 0 aliphatic carbocycles. The highest BCUT2D eigenvalue weighted by atomic mass is 16.7. The monoisotopic (exact) mass is 882 g/mol. The van der Waals surface area contributed by atoms with Crippen LogP contribution in [-0.4, -0.2) is 110 Å². The fourth-order valence-corrected chi connectivity index (χ4v) is 7.92. The number of rotatable bonds is 42. The second-order valence-corrected chi connectivity index (χ2v) is 17.9. The summed E-state index contributed by atoms with van der Waals surface area (Å²) in [5.41, 5.74) is 0. The van der Waals surface area contributed by atoms with E-state index in [9.17, 15) is 40.5 Å². The molecule has 1 rings (SSSR count). The first-order valence-corrected chi connectivity index (χ1v) is 25.4. The number of carbonyl (C=O) groups is 1. The Balaban J connectivity index is 2.41.